The predicted octanol–water partition coefficient (Wildman–Crippen LogP) is 3.67. The maximum atomic E-state index is 12.7. The number of nitrogens with zero attached hydrogens (tertiary/aromatic N) is 2. The van der Waals surface area contributed by atoms with Crippen LogP contribution in [-0.2, 0) is 16.4 Å². The predicted molar refractivity (Wildman–Crippen MR) is 103 cm³/mol. The highest BCUT2D eigenvalue weighted by molar-refractivity contribution is 9.10. The first-order chi connectivity index (χ1) is 12.4. The summed E-state index contributed by atoms with van der Waals surface area (Å²) in [6.07, 6.45) is 1.51. The van der Waals surface area contributed by atoms with E-state index in [1.165, 1.54) is 4.31 Å². The minimum Gasteiger partial charge on any atom is -0.444 e. The van der Waals surface area contributed by atoms with Gasteiger partial charge in [-0.25, -0.2) is 8.42 Å². The summed E-state index contributed by atoms with van der Waals surface area (Å²) < 4.78 is 32.8. The third-order valence-corrected chi connectivity index (χ3v) is 7.01. The van der Waals surface area contributed by atoms with E-state index in [0.717, 1.165) is 24.1 Å². The van der Waals surface area contributed by atoms with Crippen molar-refractivity contribution in [3.63, 3.8) is 0 Å². The molecule has 0 N–H and O–H groups in total. The van der Waals surface area contributed by atoms with Crippen LogP contribution in [0.25, 0.3) is 0 Å². The molecule has 0 atom stereocenters. The standard InChI is InChI=1S/C18H21BrN2O4S/c1-3-20(4-2)26(23,24)14-7-8-15-13(12-14)6-5-11-21(15)18(22)16-9-10-17(19)25-16/h7-10,12H,3-6,11H2,1-2H3. The molecule has 0 saturated heterocycles. The van der Waals surface area contributed by atoms with Crippen LogP contribution in [0.15, 0.2) is 44.3 Å². The van der Waals surface area contributed by atoms with Crippen molar-refractivity contribution in [1.82, 2.24) is 4.31 Å². The van der Waals surface area contributed by atoms with E-state index in [1.54, 1.807) is 35.2 Å². The SMILES string of the molecule is CCN(CC)S(=O)(=O)c1ccc2c(c1)CCCN2C(=O)c1ccc(Br)o1. The average molecular weight is 441 g/mol. The second-order valence-corrected chi connectivity index (χ2v) is 8.76. The number of hydrogen-bond donors (Lipinski definition) is 0. The molecule has 2 heterocycles. The van der Waals surface area contributed by atoms with Crippen molar-refractivity contribution in [1.29, 1.82) is 0 Å². The van der Waals surface area contributed by atoms with E-state index in [9.17, 15) is 13.2 Å². The summed E-state index contributed by atoms with van der Waals surface area (Å²) in [5.41, 5.74) is 1.61. The Morgan fingerprint density at radius 1 is 1.23 bits per heavy atom. The second kappa shape index (κ2) is 7.54. The lowest BCUT2D eigenvalue weighted by molar-refractivity contribution is 0.0957. The van der Waals surface area contributed by atoms with E-state index < -0.39 is 10.0 Å². The molecule has 1 aromatic carbocycles. The van der Waals surface area contributed by atoms with Crippen molar-refractivity contribution < 1.29 is 17.6 Å². The molecular weight excluding hydrogens is 420 g/mol. The molecule has 6 nitrogen and oxygen atoms in total. The first-order valence-corrected chi connectivity index (χ1v) is 10.8. The van der Waals surface area contributed by atoms with Gasteiger partial charge in [-0.1, -0.05) is 13.8 Å². The van der Waals surface area contributed by atoms with Crippen molar-refractivity contribution in [2.45, 2.75) is 31.6 Å². The number of rotatable bonds is 5. The van der Waals surface area contributed by atoms with E-state index in [1.807, 2.05) is 13.8 Å². The summed E-state index contributed by atoms with van der Waals surface area (Å²) in [6.45, 7) is 5.07. The Balaban J connectivity index is 1.96. The maximum absolute atomic E-state index is 12.7. The van der Waals surface area contributed by atoms with Gasteiger partial charge in [0.15, 0.2) is 10.4 Å². The lowest BCUT2D eigenvalue weighted by Crippen LogP contribution is -2.35. The summed E-state index contributed by atoms with van der Waals surface area (Å²) in [4.78, 5) is 14.7. The summed E-state index contributed by atoms with van der Waals surface area (Å²) >= 11 is 3.21. The molecule has 26 heavy (non-hydrogen) atoms. The average Bonchev–Trinajstić information content (AvgIpc) is 3.07. The van der Waals surface area contributed by atoms with Crippen molar-refractivity contribution in [2.24, 2.45) is 0 Å². The molecule has 0 saturated carbocycles. The molecule has 0 radical (unpaired) electrons. The fraction of sp³-hybridized carbons (Fsp3) is 0.389. The third-order valence-electron chi connectivity index (χ3n) is 4.54. The molecule has 0 unspecified atom stereocenters. The molecule has 2 aromatic rings. The molecule has 0 aliphatic carbocycles. The van der Waals surface area contributed by atoms with Crippen LogP contribution in [-0.4, -0.2) is 38.3 Å². The Kier molecular flexibility index (Phi) is 5.55. The van der Waals surface area contributed by atoms with Crippen molar-refractivity contribution in [3.8, 4) is 0 Å². The number of aryl methyl sites for hydroxylation is 1. The number of halogens is 1. The van der Waals surface area contributed by atoms with Crippen LogP contribution in [0.2, 0.25) is 0 Å². The quantitative estimate of drug-likeness (QED) is 0.710. The van der Waals surface area contributed by atoms with E-state index in [2.05, 4.69) is 15.9 Å². The van der Waals surface area contributed by atoms with Gasteiger partial charge in [-0.05, 0) is 64.7 Å². The molecule has 3 rings (SSSR count). The number of anilines is 1. The van der Waals surface area contributed by atoms with E-state index in [0.29, 0.717) is 24.3 Å². The highest BCUT2D eigenvalue weighted by atomic mass is 79.9. The second-order valence-electron chi connectivity index (χ2n) is 6.04. The zero-order valence-electron chi connectivity index (χ0n) is 14.7. The van der Waals surface area contributed by atoms with E-state index in [-0.39, 0.29) is 16.6 Å². The van der Waals surface area contributed by atoms with Gasteiger partial charge < -0.3 is 9.32 Å². The van der Waals surface area contributed by atoms with Crippen LogP contribution < -0.4 is 4.90 Å². The smallest absolute Gasteiger partial charge is 0.294 e. The first-order valence-electron chi connectivity index (χ1n) is 8.58. The van der Waals surface area contributed by atoms with Crippen molar-refractivity contribution in [2.75, 3.05) is 24.5 Å². The zero-order valence-corrected chi connectivity index (χ0v) is 17.1. The molecular formula is C18H21BrN2O4S. The number of hydrogen-bond acceptors (Lipinski definition) is 4. The Hall–Kier alpha value is -1.64. The molecule has 8 heteroatoms. The molecule has 0 spiro atoms. The molecule has 0 fully saturated rings. The number of furan rings is 1. The fourth-order valence-corrected chi connectivity index (χ4v) is 5.04. The van der Waals surface area contributed by atoms with Gasteiger partial charge >= 0.3 is 0 Å². The molecule has 1 aromatic heterocycles. The molecule has 1 aliphatic heterocycles. The number of fused-ring (bicyclic) bond motifs is 1. The van der Waals surface area contributed by atoms with Crippen LogP contribution in [0.4, 0.5) is 5.69 Å². The van der Waals surface area contributed by atoms with Gasteiger partial charge in [0.25, 0.3) is 5.91 Å². The van der Waals surface area contributed by atoms with Crippen LogP contribution in [0, 0.1) is 0 Å². The topological polar surface area (TPSA) is 70.8 Å². The van der Waals surface area contributed by atoms with Gasteiger partial charge in [0.1, 0.15) is 0 Å². The minimum absolute atomic E-state index is 0.226. The summed E-state index contributed by atoms with van der Waals surface area (Å²) in [5.74, 6) is 0.0283. The molecule has 1 aliphatic rings. The van der Waals surface area contributed by atoms with Crippen molar-refractivity contribution >= 4 is 37.5 Å². The van der Waals surface area contributed by atoms with Crippen molar-refractivity contribution in [3.05, 3.63) is 46.3 Å². The molecule has 0 bridgehead atoms. The first kappa shape index (κ1) is 19.1. The van der Waals surface area contributed by atoms with Crippen LogP contribution >= 0.6 is 15.9 Å². The Bertz CT molecular complexity index is 919. The van der Waals surface area contributed by atoms with Crippen LogP contribution in [0.3, 0.4) is 0 Å². The molecule has 1 amide bonds. The van der Waals surface area contributed by atoms with Gasteiger partial charge in [0.2, 0.25) is 10.0 Å². The van der Waals surface area contributed by atoms with Crippen LogP contribution in [0.5, 0.6) is 0 Å². The highest BCUT2D eigenvalue weighted by Gasteiger charge is 2.28. The third kappa shape index (κ3) is 3.45. The highest BCUT2D eigenvalue weighted by Crippen LogP contribution is 2.32. The lowest BCUT2D eigenvalue weighted by atomic mass is 10.0. The zero-order chi connectivity index (χ0) is 18.9. The number of amides is 1. The Morgan fingerprint density at radius 3 is 2.58 bits per heavy atom. The number of benzene rings is 1. The molecule has 140 valence electrons. The number of sulfonamides is 1. The Morgan fingerprint density at radius 2 is 1.96 bits per heavy atom. The summed E-state index contributed by atoms with van der Waals surface area (Å²) in [6, 6.07) is 8.30. The van der Waals surface area contributed by atoms with E-state index >= 15 is 0 Å². The maximum Gasteiger partial charge on any atom is 0.294 e. The van der Waals surface area contributed by atoms with Gasteiger partial charge in [-0.3, -0.25) is 4.79 Å². The monoisotopic (exact) mass is 440 g/mol. The lowest BCUT2D eigenvalue weighted by Gasteiger charge is -2.29. The summed E-state index contributed by atoms with van der Waals surface area (Å²) in [7, 11) is -3.52. The Labute approximate surface area is 162 Å². The number of carbonyl (C=O) groups is 1. The largest absolute Gasteiger partial charge is 0.444 e. The van der Waals surface area contributed by atoms with Gasteiger partial charge in [0, 0.05) is 25.3 Å². The minimum atomic E-state index is -3.52. The van der Waals surface area contributed by atoms with Gasteiger partial charge in [-0.15, -0.1) is 0 Å². The fourth-order valence-electron chi connectivity index (χ4n) is 3.22. The summed E-state index contributed by atoms with van der Waals surface area (Å²) in [5, 5.41) is 0. The van der Waals surface area contributed by atoms with Gasteiger partial charge in [0.05, 0.1) is 4.90 Å². The van der Waals surface area contributed by atoms with Crippen LogP contribution in [0.1, 0.15) is 36.4 Å². The normalized spacial score (nSPS) is 14.5. The van der Waals surface area contributed by atoms with E-state index in [4.69, 9.17) is 4.42 Å². The number of carbonyl (C=O) groups excluding carboxylic acids is 1. The van der Waals surface area contributed by atoms with Gasteiger partial charge in [-0.2, -0.15) is 4.31 Å².